The van der Waals surface area contributed by atoms with Gasteiger partial charge < -0.3 is 5.32 Å². The number of sulfonamides is 1. The molecule has 0 saturated carbocycles. The maximum Gasteiger partial charge on any atom is 0.238 e. The molecular weight excluding hydrogens is 300 g/mol. The number of rotatable bonds is 3. The van der Waals surface area contributed by atoms with E-state index in [1.165, 1.54) is 12.1 Å². The van der Waals surface area contributed by atoms with E-state index >= 15 is 0 Å². The molecule has 112 valence electrons. The zero-order chi connectivity index (χ0) is 15.7. The fraction of sp³-hybridized carbons (Fsp3) is 0.462. The molecule has 5 nitrogen and oxygen atoms in total. The standard InChI is InChI=1S/C13H19ClN2O3S/c1-8-5-9(20(15,18)19)6-10(14)12(8)16-11(17)7-13(2,3)4/h5-6H,7H2,1-4H3,(H,16,17)(H2,15,18,19). The second-order valence-electron chi connectivity index (χ2n) is 5.93. The van der Waals surface area contributed by atoms with Gasteiger partial charge in [-0.2, -0.15) is 0 Å². The lowest BCUT2D eigenvalue weighted by molar-refractivity contribution is -0.117. The molecule has 0 fully saturated rings. The second kappa shape index (κ2) is 5.71. The molecular formula is C13H19ClN2O3S. The highest BCUT2D eigenvalue weighted by Crippen LogP contribution is 2.30. The van der Waals surface area contributed by atoms with Crippen molar-refractivity contribution in [2.24, 2.45) is 10.6 Å². The molecule has 0 aliphatic carbocycles. The number of carbonyl (C=O) groups excluding carboxylic acids is 1. The van der Waals surface area contributed by atoms with E-state index in [2.05, 4.69) is 5.32 Å². The largest absolute Gasteiger partial charge is 0.325 e. The Labute approximate surface area is 124 Å². The summed E-state index contributed by atoms with van der Waals surface area (Å²) in [6, 6.07) is 2.62. The van der Waals surface area contributed by atoms with Crippen LogP contribution in [0.4, 0.5) is 5.69 Å². The van der Waals surface area contributed by atoms with Crippen LogP contribution in [0.3, 0.4) is 0 Å². The molecule has 0 aliphatic heterocycles. The van der Waals surface area contributed by atoms with Gasteiger partial charge >= 0.3 is 0 Å². The molecule has 7 heteroatoms. The normalized spacial score (nSPS) is 12.3. The van der Waals surface area contributed by atoms with Crippen LogP contribution < -0.4 is 10.5 Å². The molecule has 1 rings (SSSR count). The fourth-order valence-electron chi connectivity index (χ4n) is 1.70. The number of amides is 1. The van der Waals surface area contributed by atoms with Crippen LogP contribution in [0.1, 0.15) is 32.8 Å². The van der Waals surface area contributed by atoms with E-state index in [4.69, 9.17) is 16.7 Å². The van der Waals surface area contributed by atoms with Gasteiger partial charge in [-0.05, 0) is 30.0 Å². The first-order chi connectivity index (χ1) is 8.90. The van der Waals surface area contributed by atoms with Crippen molar-refractivity contribution < 1.29 is 13.2 Å². The molecule has 0 aromatic heterocycles. The lowest BCUT2D eigenvalue weighted by Gasteiger charge is -2.18. The van der Waals surface area contributed by atoms with Crippen LogP contribution in [0, 0.1) is 12.3 Å². The predicted molar refractivity (Wildman–Crippen MR) is 80.3 cm³/mol. The Morgan fingerprint density at radius 3 is 2.30 bits per heavy atom. The first-order valence-corrected chi connectivity index (χ1v) is 7.95. The lowest BCUT2D eigenvalue weighted by Crippen LogP contribution is -2.20. The van der Waals surface area contributed by atoms with Crippen LogP contribution in [0.25, 0.3) is 0 Å². The van der Waals surface area contributed by atoms with E-state index in [9.17, 15) is 13.2 Å². The van der Waals surface area contributed by atoms with Gasteiger partial charge in [0.05, 0.1) is 15.6 Å². The van der Waals surface area contributed by atoms with Crippen LogP contribution in [0.2, 0.25) is 5.02 Å². The first-order valence-electron chi connectivity index (χ1n) is 6.03. The SMILES string of the molecule is Cc1cc(S(N)(=O)=O)cc(Cl)c1NC(=O)CC(C)(C)C. The molecule has 0 spiro atoms. The average Bonchev–Trinajstić information content (AvgIpc) is 2.19. The zero-order valence-electron chi connectivity index (χ0n) is 12.0. The molecule has 3 N–H and O–H groups in total. The van der Waals surface area contributed by atoms with Crippen molar-refractivity contribution in [3.05, 3.63) is 22.7 Å². The summed E-state index contributed by atoms with van der Waals surface area (Å²) in [6.07, 6.45) is 0.333. The Hall–Kier alpha value is -1.11. The Morgan fingerprint density at radius 2 is 1.90 bits per heavy atom. The topological polar surface area (TPSA) is 89.3 Å². The summed E-state index contributed by atoms with van der Waals surface area (Å²) in [6.45, 7) is 7.51. The third kappa shape index (κ3) is 4.77. The summed E-state index contributed by atoms with van der Waals surface area (Å²) in [5, 5.41) is 7.91. The van der Waals surface area contributed by atoms with Crippen molar-refractivity contribution in [3.63, 3.8) is 0 Å². The number of nitrogens with two attached hydrogens (primary N) is 1. The third-order valence-electron chi connectivity index (χ3n) is 2.54. The van der Waals surface area contributed by atoms with Crippen LogP contribution >= 0.6 is 11.6 Å². The minimum atomic E-state index is -3.82. The second-order valence-corrected chi connectivity index (χ2v) is 7.90. The summed E-state index contributed by atoms with van der Waals surface area (Å²) in [7, 11) is -3.82. The van der Waals surface area contributed by atoms with Crippen LogP contribution in [-0.2, 0) is 14.8 Å². The number of halogens is 1. The van der Waals surface area contributed by atoms with Crippen LogP contribution in [-0.4, -0.2) is 14.3 Å². The van der Waals surface area contributed by atoms with Gasteiger partial charge in [-0.25, -0.2) is 13.6 Å². The van der Waals surface area contributed by atoms with Gasteiger partial charge in [-0.3, -0.25) is 4.79 Å². The van der Waals surface area contributed by atoms with E-state index in [1.54, 1.807) is 6.92 Å². The van der Waals surface area contributed by atoms with Crippen molar-refractivity contribution in [2.75, 3.05) is 5.32 Å². The van der Waals surface area contributed by atoms with E-state index in [0.717, 1.165) is 0 Å². The molecule has 0 unspecified atom stereocenters. The quantitative estimate of drug-likeness (QED) is 0.897. The highest BCUT2D eigenvalue weighted by atomic mass is 35.5. The van der Waals surface area contributed by atoms with Gasteiger partial charge in [-0.1, -0.05) is 32.4 Å². The van der Waals surface area contributed by atoms with Crippen molar-refractivity contribution in [2.45, 2.75) is 39.0 Å². The van der Waals surface area contributed by atoms with Crippen LogP contribution in [0.5, 0.6) is 0 Å². The number of nitrogens with one attached hydrogen (secondary N) is 1. The predicted octanol–water partition coefficient (Wildman–Crippen LogP) is 2.67. The number of primary sulfonamides is 1. The highest BCUT2D eigenvalue weighted by molar-refractivity contribution is 7.89. The summed E-state index contributed by atoms with van der Waals surface area (Å²) in [5.41, 5.74) is 0.808. The van der Waals surface area contributed by atoms with Crippen molar-refractivity contribution in [1.82, 2.24) is 0 Å². The summed E-state index contributed by atoms with van der Waals surface area (Å²) >= 11 is 6.02. The minimum absolute atomic E-state index is 0.0752. The Bertz CT molecular complexity index is 611. The molecule has 0 radical (unpaired) electrons. The van der Waals surface area contributed by atoms with Gasteiger partial charge in [0, 0.05) is 6.42 Å². The summed E-state index contributed by atoms with van der Waals surface area (Å²) < 4.78 is 22.6. The molecule has 1 amide bonds. The van der Waals surface area contributed by atoms with Gasteiger partial charge in [0.15, 0.2) is 0 Å². The smallest absolute Gasteiger partial charge is 0.238 e. The van der Waals surface area contributed by atoms with Crippen molar-refractivity contribution >= 4 is 33.2 Å². The van der Waals surface area contributed by atoms with E-state index in [1.807, 2.05) is 20.8 Å². The molecule has 0 saturated heterocycles. The number of hydrogen-bond donors (Lipinski definition) is 2. The number of aryl methyl sites for hydroxylation is 1. The third-order valence-corrected chi connectivity index (χ3v) is 3.74. The molecule has 1 aromatic rings. The number of carbonyl (C=O) groups is 1. The average molecular weight is 319 g/mol. The first kappa shape index (κ1) is 16.9. The fourth-order valence-corrected chi connectivity index (χ4v) is 2.70. The highest BCUT2D eigenvalue weighted by Gasteiger charge is 2.19. The maximum absolute atomic E-state index is 11.9. The Kier molecular flexibility index (Phi) is 4.84. The van der Waals surface area contributed by atoms with Crippen LogP contribution in [0.15, 0.2) is 17.0 Å². The Morgan fingerprint density at radius 1 is 1.35 bits per heavy atom. The molecule has 0 atom stereocenters. The summed E-state index contributed by atoms with van der Waals surface area (Å²) in [5.74, 6) is -0.175. The number of hydrogen-bond acceptors (Lipinski definition) is 3. The molecule has 1 aromatic carbocycles. The maximum atomic E-state index is 11.9. The molecule has 0 aliphatic rings. The minimum Gasteiger partial charge on any atom is -0.325 e. The van der Waals surface area contributed by atoms with E-state index < -0.39 is 10.0 Å². The van der Waals surface area contributed by atoms with Gasteiger partial charge in [0.1, 0.15) is 0 Å². The van der Waals surface area contributed by atoms with E-state index in [-0.39, 0.29) is 21.2 Å². The molecule has 0 bridgehead atoms. The van der Waals surface area contributed by atoms with Crippen molar-refractivity contribution in [1.29, 1.82) is 0 Å². The van der Waals surface area contributed by atoms with Gasteiger partial charge in [0.25, 0.3) is 0 Å². The molecule has 0 heterocycles. The van der Waals surface area contributed by atoms with Crippen molar-refractivity contribution in [3.8, 4) is 0 Å². The number of benzene rings is 1. The van der Waals surface area contributed by atoms with Gasteiger partial charge in [0.2, 0.25) is 15.9 Å². The molecule has 20 heavy (non-hydrogen) atoms. The Balaban J connectivity index is 3.07. The monoisotopic (exact) mass is 318 g/mol. The lowest BCUT2D eigenvalue weighted by atomic mass is 9.92. The van der Waals surface area contributed by atoms with Gasteiger partial charge in [-0.15, -0.1) is 0 Å². The summed E-state index contributed by atoms with van der Waals surface area (Å²) in [4.78, 5) is 11.8. The number of anilines is 1. The van der Waals surface area contributed by atoms with E-state index in [0.29, 0.717) is 17.7 Å². The zero-order valence-corrected chi connectivity index (χ0v) is 13.5.